The molecule has 1 aromatic heterocycles. The first-order chi connectivity index (χ1) is 16.8. The third-order valence-electron chi connectivity index (χ3n) is 6.87. The fourth-order valence-corrected chi connectivity index (χ4v) is 4.78. The molecule has 1 aromatic carbocycles. The van der Waals surface area contributed by atoms with Gasteiger partial charge in [-0.25, -0.2) is 0 Å². The Labute approximate surface area is 202 Å². The van der Waals surface area contributed by atoms with Crippen LogP contribution in [0.1, 0.15) is 50.0 Å². The first kappa shape index (κ1) is 24.9. The van der Waals surface area contributed by atoms with Gasteiger partial charge in [-0.15, -0.1) is 5.10 Å². The number of hydrogen-bond donors (Lipinski definition) is 1. The normalized spacial score (nSPS) is 17.9. The third kappa shape index (κ3) is 6.93. The molecule has 3 heterocycles. The molecule has 188 valence electrons. The minimum absolute atomic E-state index is 0.0159. The Kier molecular flexibility index (Phi) is 7.87. The van der Waals surface area contributed by atoms with E-state index in [1.807, 2.05) is 36.4 Å². The molecule has 0 atom stereocenters. The van der Waals surface area contributed by atoms with Crippen LogP contribution in [0.15, 0.2) is 42.6 Å². The molecule has 2 aliphatic heterocycles. The van der Waals surface area contributed by atoms with Gasteiger partial charge in [-0.2, -0.15) is 18.3 Å². The smallest absolute Gasteiger partial charge is 0.355 e. The van der Waals surface area contributed by atoms with Crippen LogP contribution in [-0.4, -0.2) is 59.3 Å². The third-order valence-corrected chi connectivity index (χ3v) is 6.87. The summed E-state index contributed by atoms with van der Waals surface area (Å²) in [4.78, 5) is 28.5. The lowest BCUT2D eigenvalue weighted by atomic mass is 9.89. The molecule has 4 rings (SSSR count). The van der Waals surface area contributed by atoms with Gasteiger partial charge in [0.1, 0.15) is 0 Å². The van der Waals surface area contributed by atoms with Gasteiger partial charge in [-0.1, -0.05) is 12.1 Å². The van der Waals surface area contributed by atoms with Crippen molar-refractivity contribution in [3.63, 3.8) is 0 Å². The molecule has 0 saturated carbocycles. The highest BCUT2D eigenvalue weighted by molar-refractivity contribution is 5.92. The van der Waals surface area contributed by atoms with Crippen LogP contribution in [0.2, 0.25) is 0 Å². The van der Waals surface area contributed by atoms with Crippen molar-refractivity contribution in [2.75, 3.05) is 36.4 Å². The van der Waals surface area contributed by atoms with E-state index in [0.717, 1.165) is 43.0 Å². The Morgan fingerprint density at radius 2 is 1.66 bits per heavy atom. The molecule has 2 saturated heterocycles. The first-order valence-corrected chi connectivity index (χ1v) is 12.1. The van der Waals surface area contributed by atoms with Crippen LogP contribution in [0.3, 0.4) is 0 Å². The molecule has 2 aliphatic rings. The second-order valence-corrected chi connectivity index (χ2v) is 9.22. The van der Waals surface area contributed by atoms with Gasteiger partial charge in [0, 0.05) is 50.4 Å². The van der Waals surface area contributed by atoms with Gasteiger partial charge in [0.2, 0.25) is 11.8 Å². The Morgan fingerprint density at radius 3 is 2.26 bits per heavy atom. The number of nitrogens with zero attached hydrogens (tertiary/aromatic N) is 4. The molecule has 2 aromatic rings. The number of hydrogen-bond acceptors (Lipinski definition) is 5. The molecule has 0 bridgehead atoms. The van der Waals surface area contributed by atoms with Crippen molar-refractivity contribution >= 4 is 23.3 Å². The van der Waals surface area contributed by atoms with E-state index in [1.165, 1.54) is 4.90 Å². The van der Waals surface area contributed by atoms with Crippen LogP contribution in [0.5, 0.6) is 0 Å². The Bertz CT molecular complexity index is 984. The number of nitrogens with one attached hydrogen (secondary N) is 1. The number of carbonyl (C=O) groups is 2. The van der Waals surface area contributed by atoms with Crippen LogP contribution in [0.25, 0.3) is 0 Å². The number of benzene rings is 1. The summed E-state index contributed by atoms with van der Waals surface area (Å²) < 4.78 is 37.1. The molecule has 35 heavy (non-hydrogen) atoms. The van der Waals surface area contributed by atoms with Crippen molar-refractivity contribution in [3.8, 4) is 0 Å². The molecule has 2 amide bonds. The van der Waals surface area contributed by atoms with E-state index >= 15 is 0 Å². The lowest BCUT2D eigenvalue weighted by Gasteiger charge is -2.32. The Morgan fingerprint density at radius 1 is 0.971 bits per heavy atom. The number of alkyl halides is 3. The zero-order valence-corrected chi connectivity index (χ0v) is 19.5. The summed E-state index contributed by atoms with van der Waals surface area (Å²) in [7, 11) is 0. The fourth-order valence-electron chi connectivity index (χ4n) is 4.78. The second kappa shape index (κ2) is 11.0. The van der Waals surface area contributed by atoms with Crippen LogP contribution in [-0.2, 0) is 9.59 Å². The number of piperidine rings is 2. The van der Waals surface area contributed by atoms with E-state index in [1.54, 1.807) is 6.20 Å². The van der Waals surface area contributed by atoms with Gasteiger partial charge in [-0.3, -0.25) is 9.59 Å². The average molecular weight is 490 g/mol. The van der Waals surface area contributed by atoms with E-state index in [2.05, 4.69) is 20.4 Å². The summed E-state index contributed by atoms with van der Waals surface area (Å²) in [5.74, 6) is 0.612. The zero-order chi connectivity index (χ0) is 24.8. The van der Waals surface area contributed by atoms with Gasteiger partial charge >= 0.3 is 6.18 Å². The SMILES string of the molecule is O=C(Nc1ccc(C2CCN(C(=O)CCC(F)(F)F)CC2)cc1)C1CCN(c2cccnn2)CC1. The monoisotopic (exact) mass is 489 g/mol. The van der Waals surface area contributed by atoms with E-state index in [4.69, 9.17) is 0 Å². The van der Waals surface area contributed by atoms with Gasteiger partial charge in [-0.05, 0) is 61.4 Å². The van der Waals surface area contributed by atoms with Gasteiger partial charge < -0.3 is 15.1 Å². The molecule has 0 unspecified atom stereocenters. The number of rotatable bonds is 6. The maximum atomic E-state index is 12.7. The van der Waals surface area contributed by atoms with Crippen molar-refractivity contribution in [1.29, 1.82) is 0 Å². The molecule has 1 N–H and O–H groups in total. The standard InChI is InChI=1S/C25H30F3N5O2/c26-25(27,28)12-7-23(34)33-16-8-19(9-17-33)18-3-5-21(6-4-18)30-24(35)20-10-14-32(15-11-20)22-2-1-13-29-31-22/h1-6,13,19-20H,7-12,14-17H2,(H,30,35). The average Bonchev–Trinajstić information content (AvgIpc) is 2.88. The fraction of sp³-hybridized carbons (Fsp3) is 0.520. The molecule has 7 nitrogen and oxygen atoms in total. The number of amides is 2. The first-order valence-electron chi connectivity index (χ1n) is 12.1. The van der Waals surface area contributed by atoms with Crippen molar-refractivity contribution in [2.45, 2.75) is 50.6 Å². The predicted molar refractivity (Wildman–Crippen MR) is 126 cm³/mol. The Balaban J connectivity index is 1.22. The van der Waals surface area contributed by atoms with Crippen molar-refractivity contribution < 1.29 is 22.8 Å². The molecule has 0 radical (unpaired) electrons. The lowest BCUT2D eigenvalue weighted by molar-refractivity contribution is -0.149. The maximum absolute atomic E-state index is 12.7. The quantitative estimate of drug-likeness (QED) is 0.652. The van der Waals surface area contributed by atoms with E-state index < -0.39 is 24.9 Å². The molecular weight excluding hydrogens is 459 g/mol. The number of anilines is 2. The largest absolute Gasteiger partial charge is 0.389 e. The minimum atomic E-state index is -4.31. The van der Waals surface area contributed by atoms with Crippen LogP contribution in [0, 0.1) is 5.92 Å². The summed E-state index contributed by atoms with van der Waals surface area (Å²) >= 11 is 0. The van der Waals surface area contributed by atoms with Gasteiger partial charge in [0.15, 0.2) is 5.82 Å². The highest BCUT2D eigenvalue weighted by Gasteiger charge is 2.31. The van der Waals surface area contributed by atoms with E-state index in [-0.39, 0.29) is 17.7 Å². The maximum Gasteiger partial charge on any atom is 0.389 e. The molecule has 10 heteroatoms. The van der Waals surface area contributed by atoms with Crippen molar-refractivity contribution in [1.82, 2.24) is 15.1 Å². The van der Waals surface area contributed by atoms with Crippen molar-refractivity contribution in [2.24, 2.45) is 5.92 Å². The highest BCUT2D eigenvalue weighted by Crippen LogP contribution is 2.30. The van der Waals surface area contributed by atoms with Gasteiger partial charge in [0.05, 0.1) is 6.42 Å². The van der Waals surface area contributed by atoms with Crippen LogP contribution >= 0.6 is 0 Å². The molecule has 0 spiro atoms. The molecule has 2 fully saturated rings. The highest BCUT2D eigenvalue weighted by atomic mass is 19.4. The predicted octanol–water partition coefficient (Wildman–Crippen LogP) is 4.38. The topological polar surface area (TPSA) is 78.4 Å². The van der Waals surface area contributed by atoms with Crippen LogP contribution in [0.4, 0.5) is 24.7 Å². The molecular formula is C25H30F3N5O2. The Hall–Kier alpha value is -3.17. The minimum Gasteiger partial charge on any atom is -0.355 e. The summed E-state index contributed by atoms with van der Waals surface area (Å²) in [6.45, 7) is 2.44. The van der Waals surface area contributed by atoms with E-state index in [9.17, 15) is 22.8 Å². The van der Waals surface area contributed by atoms with Crippen LogP contribution < -0.4 is 10.2 Å². The van der Waals surface area contributed by atoms with Crippen molar-refractivity contribution in [3.05, 3.63) is 48.2 Å². The number of halogens is 3. The number of carbonyl (C=O) groups excluding carboxylic acids is 2. The lowest BCUT2D eigenvalue weighted by Crippen LogP contribution is -2.38. The number of likely N-dealkylation sites (tertiary alicyclic amines) is 1. The summed E-state index contributed by atoms with van der Waals surface area (Å²) in [5.41, 5.74) is 1.86. The van der Waals surface area contributed by atoms with Gasteiger partial charge in [0.25, 0.3) is 0 Å². The zero-order valence-electron chi connectivity index (χ0n) is 19.5. The summed E-state index contributed by atoms with van der Waals surface area (Å²) in [6.07, 6.45) is -1.29. The number of aromatic nitrogens is 2. The van der Waals surface area contributed by atoms with E-state index in [0.29, 0.717) is 25.9 Å². The summed E-state index contributed by atoms with van der Waals surface area (Å²) in [5, 5.41) is 11.1. The summed E-state index contributed by atoms with van der Waals surface area (Å²) in [6, 6.07) is 11.5. The molecule has 0 aliphatic carbocycles. The second-order valence-electron chi connectivity index (χ2n) is 9.22.